The fourth-order valence-corrected chi connectivity index (χ4v) is 7.68. The molecule has 4 nitrogen and oxygen atoms in total. The summed E-state index contributed by atoms with van der Waals surface area (Å²) >= 11 is 3.54. The molecule has 1 saturated heterocycles. The molecule has 32 heavy (non-hydrogen) atoms. The summed E-state index contributed by atoms with van der Waals surface area (Å²) in [5.41, 5.74) is 3.61. The molecular weight excluding hydrogens is 466 g/mol. The number of methoxy groups -OCH3 is 1. The predicted octanol–water partition coefficient (Wildman–Crippen LogP) is 4.87. The molecule has 0 amide bonds. The summed E-state index contributed by atoms with van der Waals surface area (Å²) in [5.74, 6) is 3.09. The molecule has 0 aromatic heterocycles. The van der Waals surface area contributed by atoms with Crippen molar-refractivity contribution in [3.63, 3.8) is 0 Å². The van der Waals surface area contributed by atoms with E-state index < -0.39 is 6.10 Å². The Labute approximate surface area is 197 Å². The van der Waals surface area contributed by atoms with Crippen LogP contribution in [0.15, 0.2) is 40.9 Å². The third kappa shape index (κ3) is 2.55. The number of hydrogen-bond acceptors (Lipinski definition) is 4. The summed E-state index contributed by atoms with van der Waals surface area (Å²) in [6.45, 7) is 2.29. The summed E-state index contributed by atoms with van der Waals surface area (Å²) in [7, 11) is 1.70. The zero-order valence-electron chi connectivity index (χ0n) is 18.4. The molecule has 7 rings (SSSR count). The fourth-order valence-electron chi connectivity index (χ4n) is 7.41. The lowest BCUT2D eigenvalue weighted by atomic mass is 9.49. The van der Waals surface area contributed by atoms with Gasteiger partial charge < -0.3 is 9.47 Å². The van der Waals surface area contributed by atoms with Crippen molar-refractivity contribution < 1.29 is 14.3 Å². The highest BCUT2D eigenvalue weighted by Crippen LogP contribution is 2.65. The molecule has 5 aliphatic rings. The number of carbonyl (C=O) groups excluding carboxylic acids is 1. The molecule has 5 atom stereocenters. The maximum absolute atomic E-state index is 14.0. The van der Waals surface area contributed by atoms with E-state index in [9.17, 15) is 4.79 Å². The number of likely N-dealkylation sites (tertiary alicyclic amines) is 1. The van der Waals surface area contributed by atoms with Crippen LogP contribution < -0.4 is 9.47 Å². The first-order chi connectivity index (χ1) is 15.6. The van der Waals surface area contributed by atoms with Crippen LogP contribution in [0.2, 0.25) is 0 Å². The summed E-state index contributed by atoms with van der Waals surface area (Å²) in [4.78, 5) is 16.8. The van der Waals surface area contributed by atoms with E-state index in [2.05, 4.69) is 51.2 Å². The van der Waals surface area contributed by atoms with Crippen LogP contribution in [0, 0.1) is 11.8 Å². The lowest BCUT2D eigenvalue weighted by Gasteiger charge is -2.59. The van der Waals surface area contributed by atoms with Gasteiger partial charge in [0.2, 0.25) is 0 Å². The Kier molecular flexibility index (Phi) is 4.18. The van der Waals surface area contributed by atoms with Gasteiger partial charge in [-0.2, -0.15) is 0 Å². The van der Waals surface area contributed by atoms with E-state index in [1.807, 2.05) is 6.07 Å². The number of halogens is 1. The van der Waals surface area contributed by atoms with Crippen molar-refractivity contribution in [2.45, 2.75) is 55.6 Å². The van der Waals surface area contributed by atoms with Crippen molar-refractivity contribution in [1.29, 1.82) is 0 Å². The number of nitrogens with zero attached hydrogens (tertiary/aromatic N) is 1. The molecule has 2 bridgehead atoms. The first-order valence-electron chi connectivity index (χ1n) is 12.0. The number of rotatable bonds is 4. The molecule has 3 aliphatic carbocycles. The van der Waals surface area contributed by atoms with Crippen molar-refractivity contribution in [3.05, 3.63) is 57.6 Å². The van der Waals surface area contributed by atoms with Gasteiger partial charge in [0.1, 0.15) is 0 Å². The van der Waals surface area contributed by atoms with Crippen molar-refractivity contribution in [2.75, 3.05) is 20.2 Å². The van der Waals surface area contributed by atoms with Gasteiger partial charge in [0.15, 0.2) is 23.4 Å². The van der Waals surface area contributed by atoms with Gasteiger partial charge in [0.05, 0.1) is 7.11 Å². The van der Waals surface area contributed by atoms with Crippen molar-refractivity contribution in [3.8, 4) is 11.5 Å². The summed E-state index contributed by atoms with van der Waals surface area (Å²) in [6.07, 6.45) is 5.35. The SMILES string of the molecule is COc1ccc2c3c1O[C@H]1C(=O)[C@@H](c4ccc(Br)cc4)CC4[C@@H](C2)N(CC2CC2)CC[C@@]341. The standard InChI is InChI=1S/C27H28BrNO3/c1-31-22-9-6-17-12-21-20-13-19(16-4-7-18(28)8-5-16)24(30)26-27(20,23(17)25(22)32-26)10-11-29(21)14-15-2-3-15/h4-9,15,19-21,26H,2-3,10-14H2,1H3/t19-,20?,21-,26+,27+/m1/s1. The second kappa shape index (κ2) is 6.83. The lowest BCUT2D eigenvalue weighted by Crippen LogP contribution is -2.67. The Bertz CT molecular complexity index is 1110. The maximum Gasteiger partial charge on any atom is 0.181 e. The number of Topliss-reactive ketones (excluding diaryl/α,β-unsaturated/α-hetero) is 1. The van der Waals surface area contributed by atoms with Crippen LogP contribution in [0.1, 0.15) is 48.3 Å². The van der Waals surface area contributed by atoms with Crippen molar-refractivity contribution in [2.24, 2.45) is 11.8 Å². The minimum Gasteiger partial charge on any atom is -0.493 e. The number of ether oxygens (including phenoxy) is 2. The van der Waals surface area contributed by atoms with Crippen LogP contribution in [-0.2, 0) is 16.6 Å². The Morgan fingerprint density at radius 2 is 2.00 bits per heavy atom. The second-order valence-corrected chi connectivity index (χ2v) is 11.4. The molecule has 2 saturated carbocycles. The quantitative estimate of drug-likeness (QED) is 0.608. The van der Waals surface area contributed by atoms with E-state index in [1.54, 1.807) is 7.11 Å². The van der Waals surface area contributed by atoms with Crippen LogP contribution >= 0.6 is 15.9 Å². The average Bonchev–Trinajstić information content (AvgIpc) is 3.55. The van der Waals surface area contributed by atoms with Gasteiger partial charge in [-0.15, -0.1) is 0 Å². The van der Waals surface area contributed by atoms with Gasteiger partial charge in [-0.3, -0.25) is 9.69 Å². The molecule has 3 fully saturated rings. The third-order valence-electron chi connectivity index (χ3n) is 8.99. The molecule has 0 N–H and O–H groups in total. The molecule has 2 aromatic rings. The lowest BCUT2D eigenvalue weighted by molar-refractivity contribution is -0.141. The average molecular weight is 494 g/mol. The van der Waals surface area contributed by atoms with Gasteiger partial charge in [-0.1, -0.05) is 34.1 Å². The second-order valence-electron chi connectivity index (χ2n) is 10.5. The number of piperidine rings is 1. The van der Waals surface area contributed by atoms with Crippen LogP contribution in [0.4, 0.5) is 0 Å². The monoisotopic (exact) mass is 493 g/mol. The smallest absolute Gasteiger partial charge is 0.181 e. The minimum atomic E-state index is -0.397. The number of carbonyl (C=O) groups is 1. The van der Waals surface area contributed by atoms with Gasteiger partial charge in [0.25, 0.3) is 0 Å². The van der Waals surface area contributed by atoms with Crippen molar-refractivity contribution in [1.82, 2.24) is 4.90 Å². The minimum absolute atomic E-state index is 0.101. The van der Waals surface area contributed by atoms with Crippen LogP contribution in [0.25, 0.3) is 0 Å². The highest BCUT2D eigenvalue weighted by Gasteiger charge is 2.67. The highest BCUT2D eigenvalue weighted by molar-refractivity contribution is 9.10. The third-order valence-corrected chi connectivity index (χ3v) is 9.52. The van der Waals surface area contributed by atoms with Gasteiger partial charge in [-0.25, -0.2) is 0 Å². The van der Waals surface area contributed by atoms with Gasteiger partial charge in [-0.05, 0) is 79.8 Å². The van der Waals surface area contributed by atoms with E-state index in [1.165, 1.54) is 30.5 Å². The van der Waals surface area contributed by atoms with Gasteiger partial charge >= 0.3 is 0 Å². The van der Waals surface area contributed by atoms with Crippen LogP contribution in [0.5, 0.6) is 11.5 Å². The number of hydrogen-bond donors (Lipinski definition) is 0. The Balaban J connectivity index is 1.38. The zero-order chi connectivity index (χ0) is 21.6. The van der Waals surface area contributed by atoms with Gasteiger partial charge in [0, 0.05) is 34.0 Å². The van der Waals surface area contributed by atoms with Crippen LogP contribution in [-0.4, -0.2) is 43.0 Å². The van der Waals surface area contributed by atoms with E-state index in [-0.39, 0.29) is 17.1 Å². The summed E-state index contributed by atoms with van der Waals surface area (Å²) < 4.78 is 13.4. The van der Waals surface area contributed by atoms with E-state index >= 15 is 0 Å². The molecule has 2 aromatic carbocycles. The van der Waals surface area contributed by atoms with Crippen molar-refractivity contribution >= 4 is 21.7 Å². The van der Waals surface area contributed by atoms with Crippen LogP contribution in [0.3, 0.4) is 0 Å². The molecule has 2 aliphatic heterocycles. The first-order valence-corrected chi connectivity index (χ1v) is 12.8. The Morgan fingerprint density at radius 1 is 1.19 bits per heavy atom. The molecule has 0 radical (unpaired) electrons. The Hall–Kier alpha value is -1.85. The molecule has 166 valence electrons. The Morgan fingerprint density at radius 3 is 2.75 bits per heavy atom. The maximum atomic E-state index is 14.0. The number of ketones is 1. The molecule has 2 heterocycles. The predicted molar refractivity (Wildman–Crippen MR) is 125 cm³/mol. The fraction of sp³-hybridized carbons (Fsp3) is 0.519. The topological polar surface area (TPSA) is 38.8 Å². The largest absolute Gasteiger partial charge is 0.493 e. The zero-order valence-corrected chi connectivity index (χ0v) is 19.9. The summed E-state index contributed by atoms with van der Waals surface area (Å²) in [6, 6.07) is 13.1. The molecule has 1 unspecified atom stereocenters. The normalized spacial score (nSPS) is 34.8. The molecule has 5 heteroatoms. The summed E-state index contributed by atoms with van der Waals surface area (Å²) in [5, 5.41) is 0. The number of benzene rings is 2. The van der Waals surface area contributed by atoms with E-state index in [4.69, 9.17) is 9.47 Å². The van der Waals surface area contributed by atoms with E-state index in [0.717, 1.165) is 53.3 Å². The molecule has 1 spiro atoms. The van der Waals surface area contributed by atoms with E-state index in [0.29, 0.717) is 12.0 Å². The highest BCUT2D eigenvalue weighted by atomic mass is 79.9. The molecular formula is C27H28BrNO3. The first kappa shape index (κ1) is 19.6.